The van der Waals surface area contributed by atoms with Crippen molar-refractivity contribution in [3.8, 4) is 0 Å². The Morgan fingerprint density at radius 3 is 1.64 bits per heavy atom. The van der Waals surface area contributed by atoms with E-state index in [1.165, 1.54) is 110 Å². The largest absolute Gasteiger partial charge is 0.0617 e. The molecule has 6 aliphatic rings. The van der Waals surface area contributed by atoms with Crippen LogP contribution in [0.4, 0.5) is 0 Å². The van der Waals surface area contributed by atoms with E-state index in [2.05, 4.69) is 170 Å². The number of hydrogen-bond acceptors (Lipinski definition) is 0. The van der Waals surface area contributed by atoms with Gasteiger partial charge in [0, 0.05) is 11.8 Å². The Balaban J connectivity index is 1.27. The summed E-state index contributed by atoms with van der Waals surface area (Å²) in [7, 11) is 0. The van der Waals surface area contributed by atoms with E-state index < -0.39 is 0 Å². The maximum atomic E-state index is 2.43. The van der Waals surface area contributed by atoms with Gasteiger partial charge in [0.25, 0.3) is 0 Å². The molecule has 0 aliphatic heterocycles. The van der Waals surface area contributed by atoms with Gasteiger partial charge >= 0.3 is 0 Å². The zero-order valence-electron chi connectivity index (χ0n) is 27.3. The summed E-state index contributed by atoms with van der Waals surface area (Å²) in [6, 6.07) is 43.2. The normalized spacial score (nSPS) is 20.7. The Labute approximate surface area is 291 Å². The molecule has 0 saturated heterocycles. The second kappa shape index (κ2) is 9.68. The lowest BCUT2D eigenvalue weighted by molar-refractivity contribution is 0.562. The summed E-state index contributed by atoms with van der Waals surface area (Å²) in [4.78, 5) is 0. The number of rotatable bonds is 2. The molecule has 0 N–H and O–H groups in total. The van der Waals surface area contributed by atoms with Crippen molar-refractivity contribution in [1.29, 1.82) is 0 Å². The predicted octanol–water partition coefficient (Wildman–Crippen LogP) is 12.4. The molecule has 6 aromatic rings. The SMILES string of the molecule is C1=CC2=CC=C3C=CC(C4=C5C(=C(c6cccc7ccccc67)c6c5ccc5ccccc65)c5ccc6ccccc6c54)=C4C=CC(=C1)C2C34. The summed E-state index contributed by atoms with van der Waals surface area (Å²) in [5.41, 5.74) is 19.2. The molecule has 230 valence electrons. The third-order valence-corrected chi connectivity index (χ3v) is 12.0. The Kier molecular flexibility index (Phi) is 5.17. The highest BCUT2D eigenvalue weighted by molar-refractivity contribution is 6.39. The fourth-order valence-corrected chi connectivity index (χ4v) is 9.95. The van der Waals surface area contributed by atoms with Crippen molar-refractivity contribution >= 4 is 54.6 Å². The average molecular weight is 631 g/mol. The van der Waals surface area contributed by atoms with Crippen LogP contribution in [0.2, 0.25) is 0 Å². The Morgan fingerprint density at radius 2 is 0.900 bits per heavy atom. The first kappa shape index (κ1) is 26.7. The number of fused-ring (bicyclic) bond motifs is 10. The quantitative estimate of drug-likeness (QED) is 0.179. The van der Waals surface area contributed by atoms with Crippen molar-refractivity contribution in [2.45, 2.75) is 0 Å². The molecule has 0 fully saturated rings. The van der Waals surface area contributed by atoms with E-state index in [1.807, 2.05) is 0 Å². The molecule has 6 aliphatic carbocycles. The molecule has 6 aromatic carbocycles. The van der Waals surface area contributed by atoms with E-state index in [9.17, 15) is 0 Å². The average Bonchev–Trinajstić information content (AvgIpc) is 3.70. The van der Waals surface area contributed by atoms with E-state index in [0.717, 1.165) is 0 Å². The lowest BCUT2D eigenvalue weighted by Gasteiger charge is -2.40. The van der Waals surface area contributed by atoms with Crippen LogP contribution in [0.25, 0.3) is 54.6 Å². The van der Waals surface area contributed by atoms with Crippen LogP contribution in [-0.4, -0.2) is 0 Å². The van der Waals surface area contributed by atoms with Crippen LogP contribution in [0.3, 0.4) is 0 Å². The molecule has 0 aromatic heterocycles. The first-order valence-electron chi connectivity index (χ1n) is 17.8. The zero-order valence-corrected chi connectivity index (χ0v) is 27.3. The molecule has 0 heteroatoms. The molecule has 0 radical (unpaired) electrons. The van der Waals surface area contributed by atoms with E-state index in [1.54, 1.807) is 0 Å². The fraction of sp³-hybridized carbons (Fsp3) is 0.0400. The standard InChI is InChI=1S/C50H30/c1-4-15-35-29(9-1)12-8-18-38(35)47-45-36-16-5-2-10-30(36)21-27-41(45)50-48(46-37-17-6-3-11-31(37)22-28-42(46)49(47)50)40-26-24-34-20-19-32-13-7-14-33-23-25-39(40)44(34)43(32)33/h1-28,43-44H. The van der Waals surface area contributed by atoms with Crippen molar-refractivity contribution in [3.05, 3.63) is 226 Å². The maximum absolute atomic E-state index is 2.43. The van der Waals surface area contributed by atoms with Crippen molar-refractivity contribution in [1.82, 2.24) is 0 Å². The van der Waals surface area contributed by atoms with E-state index >= 15 is 0 Å². The molecular formula is C50H30. The van der Waals surface area contributed by atoms with Crippen LogP contribution in [0.1, 0.15) is 27.8 Å². The summed E-state index contributed by atoms with van der Waals surface area (Å²) in [5, 5.41) is 7.76. The van der Waals surface area contributed by atoms with Gasteiger partial charge in [-0.3, -0.25) is 0 Å². The minimum atomic E-state index is 0.311. The van der Waals surface area contributed by atoms with Gasteiger partial charge < -0.3 is 0 Å². The second-order valence-electron chi connectivity index (χ2n) is 14.3. The van der Waals surface area contributed by atoms with E-state index in [0.29, 0.717) is 11.8 Å². The summed E-state index contributed by atoms with van der Waals surface area (Å²) in [6.45, 7) is 0. The molecule has 0 nitrogen and oxygen atoms in total. The van der Waals surface area contributed by atoms with Gasteiger partial charge in [0.1, 0.15) is 0 Å². The lowest BCUT2D eigenvalue weighted by Crippen LogP contribution is -2.29. The summed E-state index contributed by atoms with van der Waals surface area (Å²) in [5.74, 6) is 0.672. The van der Waals surface area contributed by atoms with Crippen LogP contribution >= 0.6 is 0 Å². The minimum absolute atomic E-state index is 0.311. The van der Waals surface area contributed by atoms with Crippen molar-refractivity contribution in [2.75, 3.05) is 0 Å². The van der Waals surface area contributed by atoms with Gasteiger partial charge in [-0.15, -0.1) is 0 Å². The van der Waals surface area contributed by atoms with Gasteiger partial charge in [-0.1, -0.05) is 170 Å². The molecule has 50 heavy (non-hydrogen) atoms. The summed E-state index contributed by atoms with van der Waals surface area (Å²) in [6.07, 6.45) is 21.2. The molecule has 12 rings (SSSR count). The van der Waals surface area contributed by atoms with Crippen molar-refractivity contribution in [3.63, 3.8) is 0 Å². The molecule has 0 bridgehead atoms. The van der Waals surface area contributed by atoms with Gasteiger partial charge in [-0.05, 0) is 110 Å². The highest BCUT2D eigenvalue weighted by Gasteiger charge is 2.43. The number of benzene rings is 6. The molecule has 0 spiro atoms. The van der Waals surface area contributed by atoms with Crippen LogP contribution < -0.4 is 0 Å². The highest BCUT2D eigenvalue weighted by atomic mass is 14.5. The molecule has 2 unspecified atom stereocenters. The van der Waals surface area contributed by atoms with Gasteiger partial charge in [-0.25, -0.2) is 0 Å². The smallest absolute Gasteiger partial charge is 0.0205 e. The summed E-state index contributed by atoms with van der Waals surface area (Å²) >= 11 is 0. The minimum Gasteiger partial charge on any atom is -0.0617 e. The Bertz CT molecular complexity index is 2890. The predicted molar refractivity (Wildman–Crippen MR) is 210 cm³/mol. The first-order valence-corrected chi connectivity index (χ1v) is 17.8. The van der Waals surface area contributed by atoms with E-state index in [-0.39, 0.29) is 0 Å². The topological polar surface area (TPSA) is 0 Å². The second-order valence-corrected chi connectivity index (χ2v) is 14.3. The third kappa shape index (κ3) is 3.36. The number of allylic oxidation sites excluding steroid dienone is 17. The van der Waals surface area contributed by atoms with Gasteiger partial charge in [-0.2, -0.15) is 0 Å². The van der Waals surface area contributed by atoms with Crippen LogP contribution in [-0.2, 0) is 0 Å². The fourth-order valence-electron chi connectivity index (χ4n) is 9.95. The molecule has 2 atom stereocenters. The highest BCUT2D eigenvalue weighted by Crippen LogP contribution is 2.63. The zero-order chi connectivity index (χ0) is 32.5. The van der Waals surface area contributed by atoms with Crippen LogP contribution in [0.15, 0.2) is 198 Å². The first-order chi connectivity index (χ1) is 24.8. The van der Waals surface area contributed by atoms with Crippen LogP contribution in [0, 0.1) is 11.8 Å². The molecule has 0 heterocycles. The molecule has 0 saturated carbocycles. The third-order valence-electron chi connectivity index (χ3n) is 12.0. The molecular weight excluding hydrogens is 601 g/mol. The Morgan fingerprint density at radius 1 is 0.340 bits per heavy atom. The van der Waals surface area contributed by atoms with Gasteiger partial charge in [0.15, 0.2) is 0 Å². The monoisotopic (exact) mass is 630 g/mol. The lowest BCUT2D eigenvalue weighted by atomic mass is 9.63. The Hall–Kier alpha value is -6.24. The maximum Gasteiger partial charge on any atom is 0.0205 e. The molecule has 0 amide bonds. The van der Waals surface area contributed by atoms with E-state index in [4.69, 9.17) is 0 Å². The summed E-state index contributed by atoms with van der Waals surface area (Å²) < 4.78 is 0. The van der Waals surface area contributed by atoms with Crippen molar-refractivity contribution in [2.24, 2.45) is 11.8 Å². The number of hydrogen-bond donors (Lipinski definition) is 0. The van der Waals surface area contributed by atoms with Gasteiger partial charge in [0.05, 0.1) is 0 Å². The van der Waals surface area contributed by atoms with Gasteiger partial charge in [0.2, 0.25) is 0 Å². The van der Waals surface area contributed by atoms with Crippen LogP contribution in [0.5, 0.6) is 0 Å². The van der Waals surface area contributed by atoms with Crippen molar-refractivity contribution < 1.29 is 0 Å².